The molecular formula is C7H14ClNO3. The Morgan fingerprint density at radius 2 is 2.00 bits per heavy atom. The van der Waals surface area contributed by atoms with E-state index in [1.807, 2.05) is 4.90 Å². The number of carboxylic acids is 1. The highest BCUT2D eigenvalue weighted by atomic mass is 35.5. The molecule has 0 spiro atoms. The first kappa shape index (κ1) is 11.7. The maximum absolute atomic E-state index is 10.5. The summed E-state index contributed by atoms with van der Waals surface area (Å²) in [6.07, 6.45) is 0. The molecule has 1 saturated heterocycles. The molecule has 0 saturated carbocycles. The van der Waals surface area contributed by atoms with Crippen LogP contribution in [0.25, 0.3) is 0 Å². The fourth-order valence-corrected chi connectivity index (χ4v) is 1.12. The highest BCUT2D eigenvalue weighted by Crippen LogP contribution is 2.02. The Balaban J connectivity index is 0.00000121. The van der Waals surface area contributed by atoms with Crippen molar-refractivity contribution in [3.8, 4) is 0 Å². The molecule has 0 aromatic carbocycles. The van der Waals surface area contributed by atoms with Crippen molar-refractivity contribution in [3.05, 3.63) is 0 Å². The third-order valence-electron chi connectivity index (χ3n) is 1.95. The summed E-state index contributed by atoms with van der Waals surface area (Å²) in [6, 6.07) is -0.376. The number of halogens is 1. The molecule has 1 N–H and O–H groups in total. The lowest BCUT2D eigenvalue weighted by Gasteiger charge is -2.29. The lowest BCUT2D eigenvalue weighted by Crippen LogP contribution is -2.45. The molecule has 0 aromatic heterocycles. The van der Waals surface area contributed by atoms with Crippen LogP contribution in [-0.4, -0.2) is 48.3 Å². The molecule has 1 aliphatic heterocycles. The Morgan fingerprint density at radius 1 is 1.50 bits per heavy atom. The molecule has 5 heteroatoms. The fourth-order valence-electron chi connectivity index (χ4n) is 1.12. The smallest absolute Gasteiger partial charge is 0.320 e. The number of hydrogen-bond donors (Lipinski definition) is 1. The molecule has 12 heavy (non-hydrogen) atoms. The molecule has 1 atom stereocenters. The average Bonchev–Trinajstić information content (AvgIpc) is 2.05. The highest BCUT2D eigenvalue weighted by molar-refractivity contribution is 5.85. The van der Waals surface area contributed by atoms with Crippen LogP contribution in [0.5, 0.6) is 0 Å². The van der Waals surface area contributed by atoms with Gasteiger partial charge in [0.25, 0.3) is 0 Å². The maximum atomic E-state index is 10.5. The van der Waals surface area contributed by atoms with Crippen molar-refractivity contribution < 1.29 is 14.6 Å². The molecule has 1 unspecified atom stereocenters. The maximum Gasteiger partial charge on any atom is 0.320 e. The number of nitrogens with zero attached hydrogens (tertiary/aromatic N) is 1. The summed E-state index contributed by atoms with van der Waals surface area (Å²) >= 11 is 0. The van der Waals surface area contributed by atoms with Crippen LogP contribution in [0.1, 0.15) is 6.92 Å². The fraction of sp³-hybridized carbons (Fsp3) is 0.857. The third kappa shape index (κ3) is 2.97. The Hall–Kier alpha value is -0.320. The molecular weight excluding hydrogens is 182 g/mol. The van der Waals surface area contributed by atoms with Crippen molar-refractivity contribution in [2.24, 2.45) is 0 Å². The summed E-state index contributed by atoms with van der Waals surface area (Å²) in [5.74, 6) is -0.758. The summed E-state index contributed by atoms with van der Waals surface area (Å²) in [4.78, 5) is 12.4. The van der Waals surface area contributed by atoms with Crippen LogP contribution in [0.3, 0.4) is 0 Å². The zero-order chi connectivity index (χ0) is 8.27. The predicted molar refractivity (Wildman–Crippen MR) is 46.7 cm³/mol. The number of carbonyl (C=O) groups is 1. The molecule has 1 aliphatic rings. The van der Waals surface area contributed by atoms with E-state index in [0.717, 1.165) is 13.1 Å². The van der Waals surface area contributed by atoms with Crippen molar-refractivity contribution in [3.63, 3.8) is 0 Å². The van der Waals surface area contributed by atoms with Crippen molar-refractivity contribution in [2.75, 3.05) is 26.3 Å². The summed E-state index contributed by atoms with van der Waals surface area (Å²) in [5.41, 5.74) is 0. The SMILES string of the molecule is CC(C(=O)O)N1CCOCC1.Cl. The second-order valence-corrected chi connectivity index (χ2v) is 2.66. The molecule has 72 valence electrons. The highest BCUT2D eigenvalue weighted by Gasteiger charge is 2.21. The van der Waals surface area contributed by atoms with Gasteiger partial charge in [-0.2, -0.15) is 0 Å². The van der Waals surface area contributed by atoms with E-state index >= 15 is 0 Å². The number of hydrogen-bond acceptors (Lipinski definition) is 3. The van der Waals surface area contributed by atoms with Gasteiger partial charge in [0.05, 0.1) is 13.2 Å². The van der Waals surface area contributed by atoms with Crippen LogP contribution >= 0.6 is 12.4 Å². The van der Waals surface area contributed by atoms with Crippen LogP contribution in [0.15, 0.2) is 0 Å². The molecule has 0 aromatic rings. The van der Waals surface area contributed by atoms with E-state index in [1.165, 1.54) is 0 Å². The monoisotopic (exact) mass is 195 g/mol. The predicted octanol–water partition coefficient (Wildman–Crippen LogP) is 0.214. The lowest BCUT2D eigenvalue weighted by molar-refractivity contribution is -0.144. The van der Waals surface area contributed by atoms with Gasteiger partial charge in [-0.05, 0) is 6.92 Å². The van der Waals surface area contributed by atoms with Gasteiger partial charge < -0.3 is 9.84 Å². The Kier molecular flexibility index (Phi) is 5.20. The first-order chi connectivity index (χ1) is 5.22. The van der Waals surface area contributed by atoms with E-state index < -0.39 is 5.97 Å². The summed E-state index contributed by atoms with van der Waals surface area (Å²) in [7, 11) is 0. The van der Waals surface area contributed by atoms with Crippen molar-refractivity contribution in [1.29, 1.82) is 0 Å². The molecule has 0 radical (unpaired) electrons. The van der Waals surface area contributed by atoms with Crippen LogP contribution in [-0.2, 0) is 9.53 Å². The number of aliphatic carboxylic acids is 1. The van der Waals surface area contributed by atoms with Crippen LogP contribution in [0.2, 0.25) is 0 Å². The van der Waals surface area contributed by atoms with Gasteiger partial charge in [0.1, 0.15) is 6.04 Å². The normalized spacial score (nSPS) is 21.1. The van der Waals surface area contributed by atoms with Gasteiger partial charge >= 0.3 is 5.97 Å². The zero-order valence-electron chi connectivity index (χ0n) is 7.02. The van der Waals surface area contributed by atoms with Crippen molar-refractivity contribution >= 4 is 18.4 Å². The summed E-state index contributed by atoms with van der Waals surface area (Å²) in [5, 5.41) is 8.65. The first-order valence-electron chi connectivity index (χ1n) is 3.76. The van der Waals surface area contributed by atoms with Gasteiger partial charge in [0, 0.05) is 13.1 Å². The van der Waals surface area contributed by atoms with Gasteiger partial charge in [-0.25, -0.2) is 0 Å². The Bertz CT molecular complexity index is 148. The van der Waals surface area contributed by atoms with E-state index in [2.05, 4.69) is 0 Å². The number of ether oxygens (including phenoxy) is 1. The zero-order valence-corrected chi connectivity index (χ0v) is 7.84. The second kappa shape index (κ2) is 5.35. The third-order valence-corrected chi connectivity index (χ3v) is 1.95. The van der Waals surface area contributed by atoms with Crippen LogP contribution in [0.4, 0.5) is 0 Å². The minimum atomic E-state index is -0.758. The molecule has 1 rings (SSSR count). The quantitative estimate of drug-likeness (QED) is 0.685. The van der Waals surface area contributed by atoms with Crippen LogP contribution in [0, 0.1) is 0 Å². The van der Waals surface area contributed by atoms with Crippen molar-refractivity contribution in [1.82, 2.24) is 4.90 Å². The first-order valence-corrected chi connectivity index (χ1v) is 3.76. The van der Waals surface area contributed by atoms with Crippen molar-refractivity contribution in [2.45, 2.75) is 13.0 Å². The standard InChI is InChI=1S/C7H13NO3.ClH/c1-6(7(9)10)8-2-4-11-5-3-8;/h6H,2-5H2,1H3,(H,9,10);1H. The van der Waals surface area contributed by atoms with E-state index in [0.29, 0.717) is 13.2 Å². The Labute approximate surface area is 77.9 Å². The van der Waals surface area contributed by atoms with E-state index in [-0.39, 0.29) is 18.4 Å². The summed E-state index contributed by atoms with van der Waals surface area (Å²) in [6.45, 7) is 4.46. The van der Waals surface area contributed by atoms with Gasteiger partial charge in [-0.15, -0.1) is 12.4 Å². The van der Waals surface area contributed by atoms with Crippen LogP contribution < -0.4 is 0 Å². The minimum Gasteiger partial charge on any atom is -0.480 e. The average molecular weight is 196 g/mol. The van der Waals surface area contributed by atoms with E-state index in [1.54, 1.807) is 6.92 Å². The molecule has 0 aliphatic carbocycles. The Morgan fingerprint density at radius 3 is 2.42 bits per heavy atom. The number of carboxylic acid groups (broad SMARTS) is 1. The number of morpholine rings is 1. The molecule has 1 fully saturated rings. The van der Waals surface area contributed by atoms with Gasteiger partial charge in [-0.3, -0.25) is 9.69 Å². The minimum absolute atomic E-state index is 0. The van der Waals surface area contributed by atoms with Gasteiger partial charge in [0.2, 0.25) is 0 Å². The molecule has 0 amide bonds. The molecule has 1 heterocycles. The molecule has 0 bridgehead atoms. The van der Waals surface area contributed by atoms with Gasteiger partial charge in [0.15, 0.2) is 0 Å². The molecule has 4 nitrogen and oxygen atoms in total. The topological polar surface area (TPSA) is 49.8 Å². The lowest BCUT2D eigenvalue weighted by atomic mass is 10.2. The largest absolute Gasteiger partial charge is 0.480 e. The van der Waals surface area contributed by atoms with E-state index in [9.17, 15) is 4.79 Å². The summed E-state index contributed by atoms with van der Waals surface area (Å²) < 4.78 is 5.10. The number of rotatable bonds is 2. The van der Waals surface area contributed by atoms with E-state index in [4.69, 9.17) is 9.84 Å². The second-order valence-electron chi connectivity index (χ2n) is 2.66. The van der Waals surface area contributed by atoms with Gasteiger partial charge in [-0.1, -0.05) is 0 Å².